The van der Waals surface area contributed by atoms with Gasteiger partial charge in [-0.15, -0.1) is 0 Å². The Hall–Kier alpha value is -2.67. The van der Waals surface area contributed by atoms with Crippen LogP contribution in [0.3, 0.4) is 0 Å². The molecular weight excluding hydrogens is 332 g/mol. The molecule has 1 aromatic heterocycles. The molecule has 2 saturated heterocycles. The minimum absolute atomic E-state index is 0.00301. The van der Waals surface area contributed by atoms with E-state index in [1.807, 2.05) is 35.2 Å². The van der Waals surface area contributed by atoms with Gasteiger partial charge in [0, 0.05) is 44.5 Å². The Labute approximate surface area is 152 Å². The zero-order chi connectivity index (χ0) is 18.1. The Balaban J connectivity index is 1.53. The molecule has 2 fully saturated rings. The number of ether oxygens (including phenoxy) is 1. The first-order valence-electron chi connectivity index (χ1n) is 8.88. The Morgan fingerprint density at radius 3 is 2.73 bits per heavy atom. The van der Waals surface area contributed by atoms with E-state index >= 15 is 0 Å². The summed E-state index contributed by atoms with van der Waals surface area (Å²) in [5.41, 5.74) is 1.45. The molecule has 7 heteroatoms. The van der Waals surface area contributed by atoms with Gasteiger partial charge in [0.25, 0.3) is 11.8 Å². The van der Waals surface area contributed by atoms with Gasteiger partial charge in [0.05, 0.1) is 6.10 Å². The first-order chi connectivity index (χ1) is 12.6. The largest absolute Gasteiger partial charge is 0.368 e. The van der Waals surface area contributed by atoms with Crippen LogP contribution >= 0.6 is 0 Å². The van der Waals surface area contributed by atoms with E-state index in [4.69, 9.17) is 4.74 Å². The van der Waals surface area contributed by atoms with Crippen LogP contribution in [0, 0.1) is 5.92 Å². The van der Waals surface area contributed by atoms with Gasteiger partial charge in [-0.1, -0.05) is 18.2 Å². The molecule has 0 saturated carbocycles. The number of aryl methyl sites for hydroxylation is 1. The predicted molar refractivity (Wildman–Crippen MR) is 95.8 cm³/mol. The molecule has 0 unspecified atom stereocenters. The van der Waals surface area contributed by atoms with Crippen LogP contribution in [0.25, 0.3) is 0 Å². The zero-order valence-corrected chi connectivity index (χ0v) is 14.7. The maximum absolute atomic E-state index is 12.8. The van der Waals surface area contributed by atoms with E-state index in [1.165, 1.54) is 0 Å². The number of hydrogen-bond donors (Lipinski definition) is 0. The number of carbonyl (C=O) groups is 2. The molecule has 2 aliphatic rings. The minimum Gasteiger partial charge on any atom is -0.368 e. The summed E-state index contributed by atoms with van der Waals surface area (Å²) in [5, 5.41) is 4.08. The second-order valence-electron chi connectivity index (χ2n) is 6.83. The molecule has 136 valence electrons. The summed E-state index contributed by atoms with van der Waals surface area (Å²) < 4.78 is 7.46. The summed E-state index contributed by atoms with van der Waals surface area (Å²) in [5.74, 6) is 0.0352. The minimum atomic E-state index is -0.0323. The first kappa shape index (κ1) is 16.8. The van der Waals surface area contributed by atoms with E-state index in [2.05, 4.69) is 5.10 Å². The van der Waals surface area contributed by atoms with Crippen LogP contribution in [0.1, 0.15) is 16.9 Å². The van der Waals surface area contributed by atoms with Crippen molar-refractivity contribution >= 4 is 17.5 Å². The summed E-state index contributed by atoms with van der Waals surface area (Å²) >= 11 is 0. The van der Waals surface area contributed by atoms with Crippen molar-refractivity contribution in [1.82, 2.24) is 14.7 Å². The lowest BCUT2D eigenvalue weighted by Gasteiger charge is -2.38. The molecule has 0 radical (unpaired) electrons. The number of piperidine rings is 1. The highest BCUT2D eigenvalue weighted by Crippen LogP contribution is 2.27. The highest BCUT2D eigenvalue weighted by atomic mass is 16.5. The van der Waals surface area contributed by atoms with Crippen LogP contribution in [-0.2, 0) is 16.6 Å². The Kier molecular flexibility index (Phi) is 4.46. The summed E-state index contributed by atoms with van der Waals surface area (Å²) in [6.07, 6.45) is 2.37. The summed E-state index contributed by atoms with van der Waals surface area (Å²) in [7, 11) is 1.77. The number of benzene rings is 1. The van der Waals surface area contributed by atoms with E-state index in [-0.39, 0.29) is 30.4 Å². The van der Waals surface area contributed by atoms with Gasteiger partial charge < -0.3 is 14.5 Å². The van der Waals surface area contributed by atoms with Gasteiger partial charge in [0.1, 0.15) is 12.3 Å². The third kappa shape index (κ3) is 3.10. The summed E-state index contributed by atoms with van der Waals surface area (Å²) in [6, 6.07) is 11.4. The SMILES string of the molecule is Cn1nccc1C(=O)N1CC[C@@H]2OCC(=O)N(c3ccccc3)C[C@H]2C1. The second kappa shape index (κ2) is 6.92. The quantitative estimate of drug-likeness (QED) is 0.816. The first-order valence-corrected chi connectivity index (χ1v) is 8.88. The molecule has 0 aliphatic carbocycles. The molecule has 0 N–H and O–H groups in total. The molecule has 1 aromatic carbocycles. The Morgan fingerprint density at radius 2 is 2.00 bits per heavy atom. The molecule has 0 spiro atoms. The number of anilines is 1. The van der Waals surface area contributed by atoms with Crippen LogP contribution in [0.4, 0.5) is 5.69 Å². The number of likely N-dealkylation sites (tertiary alicyclic amines) is 1. The van der Waals surface area contributed by atoms with E-state index in [0.29, 0.717) is 25.3 Å². The van der Waals surface area contributed by atoms with Crippen molar-refractivity contribution in [3.8, 4) is 0 Å². The van der Waals surface area contributed by atoms with Gasteiger partial charge in [0.2, 0.25) is 0 Å². The molecule has 7 nitrogen and oxygen atoms in total. The molecule has 2 amide bonds. The monoisotopic (exact) mass is 354 g/mol. The van der Waals surface area contributed by atoms with Crippen LogP contribution in [0.15, 0.2) is 42.6 Å². The predicted octanol–water partition coefficient (Wildman–Crippen LogP) is 1.31. The molecule has 0 bridgehead atoms. The fraction of sp³-hybridized carbons (Fsp3) is 0.421. The Morgan fingerprint density at radius 1 is 1.19 bits per heavy atom. The highest BCUT2D eigenvalue weighted by Gasteiger charge is 2.38. The fourth-order valence-electron chi connectivity index (χ4n) is 3.79. The van der Waals surface area contributed by atoms with Gasteiger partial charge in [0.15, 0.2) is 0 Å². The number of rotatable bonds is 2. The van der Waals surface area contributed by atoms with Crippen molar-refractivity contribution in [3.05, 3.63) is 48.3 Å². The number of para-hydroxylation sites is 1. The van der Waals surface area contributed by atoms with Crippen LogP contribution in [0.5, 0.6) is 0 Å². The topological polar surface area (TPSA) is 67.7 Å². The lowest BCUT2D eigenvalue weighted by Crippen LogP contribution is -2.49. The van der Waals surface area contributed by atoms with Crippen molar-refractivity contribution in [3.63, 3.8) is 0 Å². The highest BCUT2D eigenvalue weighted by molar-refractivity contribution is 5.95. The molecule has 4 rings (SSSR count). The standard InChI is InChI=1S/C19H22N4O3/c1-21-16(7-9-20-21)19(25)22-10-8-17-14(11-22)12-23(18(24)13-26-17)15-5-3-2-4-6-15/h2-7,9,14,17H,8,10-13H2,1H3/t14-,17+/m1/s1. The normalized spacial score (nSPS) is 23.5. The van der Waals surface area contributed by atoms with Gasteiger partial charge in [-0.05, 0) is 24.6 Å². The lowest BCUT2D eigenvalue weighted by atomic mass is 9.93. The van der Waals surface area contributed by atoms with Gasteiger partial charge in [-0.25, -0.2) is 0 Å². The van der Waals surface area contributed by atoms with E-state index in [0.717, 1.165) is 12.1 Å². The van der Waals surface area contributed by atoms with Crippen molar-refractivity contribution in [2.45, 2.75) is 12.5 Å². The Bertz CT molecular complexity index is 804. The lowest BCUT2D eigenvalue weighted by molar-refractivity contribution is -0.124. The number of nitrogens with zero attached hydrogens (tertiary/aromatic N) is 4. The molecule has 3 heterocycles. The van der Waals surface area contributed by atoms with Crippen LogP contribution in [0.2, 0.25) is 0 Å². The fourth-order valence-corrected chi connectivity index (χ4v) is 3.79. The van der Waals surface area contributed by atoms with E-state index in [1.54, 1.807) is 28.9 Å². The molecular formula is C19H22N4O3. The van der Waals surface area contributed by atoms with Gasteiger partial charge in [-0.3, -0.25) is 14.3 Å². The van der Waals surface area contributed by atoms with E-state index in [9.17, 15) is 9.59 Å². The molecule has 26 heavy (non-hydrogen) atoms. The maximum Gasteiger partial charge on any atom is 0.272 e. The van der Waals surface area contributed by atoms with Crippen molar-refractivity contribution < 1.29 is 14.3 Å². The van der Waals surface area contributed by atoms with E-state index < -0.39 is 0 Å². The molecule has 2 aliphatic heterocycles. The van der Waals surface area contributed by atoms with Crippen molar-refractivity contribution in [2.75, 3.05) is 31.1 Å². The number of hydrogen-bond acceptors (Lipinski definition) is 4. The van der Waals surface area contributed by atoms with Crippen LogP contribution < -0.4 is 4.90 Å². The average Bonchev–Trinajstić information content (AvgIpc) is 3.02. The zero-order valence-electron chi connectivity index (χ0n) is 14.7. The number of carbonyl (C=O) groups excluding carboxylic acids is 2. The third-order valence-corrected chi connectivity index (χ3v) is 5.20. The summed E-state index contributed by atoms with van der Waals surface area (Å²) in [6.45, 7) is 1.85. The third-order valence-electron chi connectivity index (χ3n) is 5.20. The van der Waals surface area contributed by atoms with Crippen molar-refractivity contribution in [2.24, 2.45) is 13.0 Å². The van der Waals surface area contributed by atoms with Crippen molar-refractivity contribution in [1.29, 1.82) is 0 Å². The van der Waals surface area contributed by atoms with Gasteiger partial charge >= 0.3 is 0 Å². The number of fused-ring (bicyclic) bond motifs is 1. The second-order valence-corrected chi connectivity index (χ2v) is 6.83. The summed E-state index contributed by atoms with van der Waals surface area (Å²) in [4.78, 5) is 28.9. The van der Waals surface area contributed by atoms with Crippen LogP contribution in [-0.4, -0.2) is 58.8 Å². The smallest absolute Gasteiger partial charge is 0.272 e. The number of aromatic nitrogens is 2. The average molecular weight is 354 g/mol. The maximum atomic E-state index is 12.8. The number of amides is 2. The molecule has 2 aromatic rings. The molecule has 2 atom stereocenters. The van der Waals surface area contributed by atoms with Gasteiger partial charge in [-0.2, -0.15) is 5.10 Å².